The lowest BCUT2D eigenvalue weighted by Crippen LogP contribution is -2.59. The molecular formula is C14H28N2O. The Morgan fingerprint density at radius 3 is 2.71 bits per heavy atom. The van der Waals surface area contributed by atoms with Crippen LogP contribution in [0, 0.1) is 5.92 Å². The minimum atomic E-state index is 0.0260. The first-order chi connectivity index (χ1) is 8.01. The van der Waals surface area contributed by atoms with Gasteiger partial charge < -0.3 is 10.5 Å². The van der Waals surface area contributed by atoms with Crippen LogP contribution >= 0.6 is 0 Å². The molecule has 2 rings (SSSR count). The number of likely N-dealkylation sites (tertiary alicyclic amines) is 1. The molecule has 0 bridgehead atoms. The molecule has 1 saturated heterocycles. The first-order valence-corrected chi connectivity index (χ1v) is 7.02. The fraction of sp³-hybridized carbons (Fsp3) is 1.00. The summed E-state index contributed by atoms with van der Waals surface area (Å²) < 4.78 is 5.69. The normalized spacial score (nSPS) is 34.6. The largest absolute Gasteiger partial charge is 0.377 e. The smallest absolute Gasteiger partial charge is 0.0777 e. The lowest BCUT2D eigenvalue weighted by atomic mass is 9.86. The van der Waals surface area contributed by atoms with Gasteiger partial charge in [-0.15, -0.1) is 0 Å². The minimum absolute atomic E-state index is 0.0260. The summed E-state index contributed by atoms with van der Waals surface area (Å²) in [5.74, 6) is 0.930. The lowest BCUT2D eigenvalue weighted by molar-refractivity contribution is -0.0791. The van der Waals surface area contributed by atoms with Crippen molar-refractivity contribution in [1.29, 1.82) is 0 Å². The van der Waals surface area contributed by atoms with Crippen LogP contribution in [0.4, 0.5) is 0 Å². The molecule has 3 heteroatoms. The Kier molecular flexibility index (Phi) is 3.81. The van der Waals surface area contributed by atoms with Crippen LogP contribution in [0.25, 0.3) is 0 Å². The van der Waals surface area contributed by atoms with Crippen LogP contribution in [0.2, 0.25) is 0 Å². The number of hydrogen-bond acceptors (Lipinski definition) is 3. The number of nitrogens with zero attached hydrogens (tertiary/aromatic N) is 1. The van der Waals surface area contributed by atoms with E-state index in [1.54, 1.807) is 0 Å². The summed E-state index contributed by atoms with van der Waals surface area (Å²) in [4.78, 5) is 2.58. The zero-order valence-corrected chi connectivity index (χ0v) is 11.7. The van der Waals surface area contributed by atoms with E-state index in [9.17, 15) is 0 Å². The van der Waals surface area contributed by atoms with Crippen molar-refractivity contribution in [3.05, 3.63) is 0 Å². The van der Waals surface area contributed by atoms with E-state index in [0.717, 1.165) is 19.0 Å². The van der Waals surface area contributed by atoms with Crippen molar-refractivity contribution in [3.8, 4) is 0 Å². The Hall–Kier alpha value is -0.120. The molecule has 0 amide bonds. The van der Waals surface area contributed by atoms with Crippen LogP contribution in [-0.2, 0) is 4.74 Å². The van der Waals surface area contributed by atoms with Gasteiger partial charge in [0.1, 0.15) is 0 Å². The maximum absolute atomic E-state index is 6.06. The predicted octanol–water partition coefficient (Wildman–Crippen LogP) is 2.00. The molecule has 1 heterocycles. The Bertz CT molecular complexity index is 267. The summed E-state index contributed by atoms with van der Waals surface area (Å²) in [5, 5.41) is 0. The van der Waals surface area contributed by atoms with E-state index in [0.29, 0.717) is 0 Å². The molecule has 1 saturated carbocycles. The van der Waals surface area contributed by atoms with Gasteiger partial charge in [0.15, 0.2) is 0 Å². The molecule has 0 spiro atoms. The van der Waals surface area contributed by atoms with Gasteiger partial charge in [-0.3, -0.25) is 4.90 Å². The molecule has 1 aliphatic carbocycles. The molecule has 2 fully saturated rings. The summed E-state index contributed by atoms with van der Waals surface area (Å²) in [5.41, 5.74) is 6.27. The average Bonchev–Trinajstić information content (AvgIpc) is 3.13. The van der Waals surface area contributed by atoms with E-state index in [1.807, 2.05) is 7.11 Å². The van der Waals surface area contributed by atoms with E-state index in [2.05, 4.69) is 18.7 Å². The molecule has 2 unspecified atom stereocenters. The SMILES string of the molecule is COC1(C)CCCN(C(C)(CN)CC2CC2)C1. The van der Waals surface area contributed by atoms with Gasteiger partial charge in [-0.2, -0.15) is 0 Å². The van der Waals surface area contributed by atoms with E-state index in [4.69, 9.17) is 10.5 Å². The van der Waals surface area contributed by atoms with Crippen molar-refractivity contribution in [3.63, 3.8) is 0 Å². The maximum Gasteiger partial charge on any atom is 0.0777 e. The van der Waals surface area contributed by atoms with Gasteiger partial charge in [0.2, 0.25) is 0 Å². The van der Waals surface area contributed by atoms with Crippen LogP contribution in [0.1, 0.15) is 46.0 Å². The second-order valence-corrected chi connectivity index (χ2v) is 6.53. The second-order valence-electron chi connectivity index (χ2n) is 6.53. The van der Waals surface area contributed by atoms with Gasteiger partial charge in [-0.25, -0.2) is 0 Å². The number of piperidine rings is 1. The van der Waals surface area contributed by atoms with Gasteiger partial charge in [0.25, 0.3) is 0 Å². The second kappa shape index (κ2) is 4.87. The van der Waals surface area contributed by atoms with Crippen LogP contribution in [0.3, 0.4) is 0 Å². The zero-order chi connectivity index (χ0) is 12.5. The molecular weight excluding hydrogens is 212 g/mol. The number of methoxy groups -OCH3 is 1. The summed E-state index contributed by atoms with van der Waals surface area (Å²) in [7, 11) is 1.84. The quantitative estimate of drug-likeness (QED) is 0.799. The van der Waals surface area contributed by atoms with E-state index >= 15 is 0 Å². The molecule has 0 aromatic rings. The number of rotatable bonds is 5. The first-order valence-electron chi connectivity index (χ1n) is 7.02. The molecule has 1 aliphatic heterocycles. The summed E-state index contributed by atoms with van der Waals surface area (Å²) in [6.45, 7) is 7.55. The van der Waals surface area contributed by atoms with Crippen molar-refractivity contribution in [2.24, 2.45) is 11.7 Å². The monoisotopic (exact) mass is 240 g/mol. The van der Waals surface area contributed by atoms with Gasteiger partial charge in [-0.1, -0.05) is 12.8 Å². The third kappa shape index (κ3) is 3.01. The van der Waals surface area contributed by atoms with Crippen LogP contribution in [0.5, 0.6) is 0 Å². The summed E-state index contributed by atoms with van der Waals surface area (Å²) >= 11 is 0. The highest BCUT2D eigenvalue weighted by Gasteiger charge is 2.41. The predicted molar refractivity (Wildman–Crippen MR) is 71.0 cm³/mol. The summed E-state index contributed by atoms with van der Waals surface area (Å²) in [6.07, 6.45) is 6.48. The van der Waals surface area contributed by atoms with Crippen molar-refractivity contribution in [2.75, 3.05) is 26.7 Å². The van der Waals surface area contributed by atoms with Crippen molar-refractivity contribution >= 4 is 0 Å². The minimum Gasteiger partial charge on any atom is -0.377 e. The van der Waals surface area contributed by atoms with Crippen LogP contribution < -0.4 is 5.73 Å². The zero-order valence-electron chi connectivity index (χ0n) is 11.7. The molecule has 2 atom stereocenters. The maximum atomic E-state index is 6.06. The highest BCUT2D eigenvalue weighted by atomic mass is 16.5. The van der Waals surface area contributed by atoms with Crippen molar-refractivity contribution in [2.45, 2.75) is 57.1 Å². The highest BCUT2D eigenvalue weighted by Crippen LogP contribution is 2.40. The summed E-state index contributed by atoms with van der Waals surface area (Å²) in [6, 6.07) is 0. The number of hydrogen-bond donors (Lipinski definition) is 1. The molecule has 0 aromatic carbocycles. The Balaban J connectivity index is 2.02. The van der Waals surface area contributed by atoms with Crippen molar-refractivity contribution < 1.29 is 4.74 Å². The molecule has 0 aromatic heterocycles. The Morgan fingerprint density at radius 1 is 1.47 bits per heavy atom. The van der Waals surface area contributed by atoms with Gasteiger partial charge in [0.05, 0.1) is 5.60 Å². The van der Waals surface area contributed by atoms with E-state index in [-0.39, 0.29) is 11.1 Å². The van der Waals surface area contributed by atoms with E-state index < -0.39 is 0 Å². The highest BCUT2D eigenvalue weighted by molar-refractivity contribution is 4.97. The molecule has 17 heavy (non-hydrogen) atoms. The Morgan fingerprint density at radius 2 is 2.18 bits per heavy atom. The molecule has 0 radical (unpaired) electrons. The van der Waals surface area contributed by atoms with E-state index in [1.165, 1.54) is 38.6 Å². The topological polar surface area (TPSA) is 38.5 Å². The number of ether oxygens (including phenoxy) is 1. The molecule has 100 valence electrons. The van der Waals surface area contributed by atoms with Gasteiger partial charge in [-0.05, 0) is 45.6 Å². The van der Waals surface area contributed by atoms with Crippen LogP contribution in [-0.4, -0.2) is 42.8 Å². The fourth-order valence-corrected chi connectivity index (χ4v) is 3.12. The fourth-order valence-electron chi connectivity index (χ4n) is 3.12. The van der Waals surface area contributed by atoms with Crippen molar-refractivity contribution in [1.82, 2.24) is 4.90 Å². The Labute approximate surface area is 106 Å². The van der Waals surface area contributed by atoms with Crippen LogP contribution in [0.15, 0.2) is 0 Å². The molecule has 2 aliphatic rings. The first kappa shape index (κ1) is 13.3. The third-order valence-corrected chi connectivity index (χ3v) is 4.78. The average molecular weight is 240 g/mol. The molecule has 3 nitrogen and oxygen atoms in total. The third-order valence-electron chi connectivity index (χ3n) is 4.78. The van der Waals surface area contributed by atoms with Gasteiger partial charge >= 0.3 is 0 Å². The van der Waals surface area contributed by atoms with Gasteiger partial charge in [0, 0.05) is 25.7 Å². The molecule has 2 N–H and O–H groups in total. The lowest BCUT2D eigenvalue weighted by Gasteiger charge is -2.48. The standard InChI is InChI=1S/C14H28N2O/c1-13(10-15,9-12-5-6-12)16-8-4-7-14(2,11-16)17-3/h12H,4-11,15H2,1-3H3. The number of nitrogens with two attached hydrogens (primary N) is 1.